The standard InChI is InChI=1S/C20H22N2O4/c1-13(2)12-25-20(24)21-10-9-19(23)22-14-7-8-16-15-5-3-4-6-17(15)26-18(16)11-14/h3-8,11,13H,9-10,12H2,1-2H3,(H,21,24)(H,22,23). The first-order valence-corrected chi connectivity index (χ1v) is 8.64. The molecule has 1 aromatic heterocycles. The van der Waals surface area contributed by atoms with Crippen molar-refractivity contribution < 1.29 is 18.7 Å². The number of hydrogen-bond acceptors (Lipinski definition) is 4. The summed E-state index contributed by atoms with van der Waals surface area (Å²) in [5, 5.41) is 7.43. The number of alkyl carbamates (subject to hydrolysis) is 1. The normalized spacial score (nSPS) is 11.0. The first kappa shape index (κ1) is 17.8. The van der Waals surface area contributed by atoms with Crippen LogP contribution in [0.5, 0.6) is 0 Å². The van der Waals surface area contributed by atoms with Crippen molar-refractivity contribution in [2.24, 2.45) is 5.92 Å². The third kappa shape index (κ3) is 4.33. The second kappa shape index (κ2) is 7.91. The number of carbonyl (C=O) groups is 2. The number of benzene rings is 2. The van der Waals surface area contributed by atoms with E-state index in [0.717, 1.165) is 21.9 Å². The summed E-state index contributed by atoms with van der Waals surface area (Å²) in [4.78, 5) is 23.5. The number of ether oxygens (including phenoxy) is 1. The largest absolute Gasteiger partial charge is 0.456 e. The van der Waals surface area contributed by atoms with Gasteiger partial charge in [0.05, 0.1) is 6.61 Å². The zero-order valence-electron chi connectivity index (χ0n) is 14.9. The molecule has 26 heavy (non-hydrogen) atoms. The highest BCUT2D eigenvalue weighted by atomic mass is 16.5. The van der Waals surface area contributed by atoms with Gasteiger partial charge in [0.25, 0.3) is 0 Å². The van der Waals surface area contributed by atoms with Crippen LogP contribution in [0, 0.1) is 5.92 Å². The van der Waals surface area contributed by atoms with Crippen molar-refractivity contribution in [1.29, 1.82) is 0 Å². The van der Waals surface area contributed by atoms with Crippen LogP contribution in [0.3, 0.4) is 0 Å². The molecule has 2 N–H and O–H groups in total. The molecule has 6 heteroatoms. The summed E-state index contributed by atoms with van der Waals surface area (Å²) in [6.07, 6.45) is -0.343. The van der Waals surface area contributed by atoms with Gasteiger partial charge in [0.15, 0.2) is 0 Å². The number of hydrogen-bond donors (Lipinski definition) is 2. The molecule has 3 rings (SSSR count). The molecule has 0 spiro atoms. The molecular weight excluding hydrogens is 332 g/mol. The fourth-order valence-corrected chi connectivity index (χ4v) is 2.60. The van der Waals surface area contributed by atoms with Gasteiger partial charge in [0.2, 0.25) is 5.91 Å². The molecule has 0 bridgehead atoms. The molecule has 6 nitrogen and oxygen atoms in total. The van der Waals surface area contributed by atoms with Gasteiger partial charge in [-0.05, 0) is 24.1 Å². The number of carbonyl (C=O) groups excluding carboxylic acids is 2. The van der Waals surface area contributed by atoms with E-state index in [1.54, 1.807) is 6.07 Å². The van der Waals surface area contributed by atoms with Crippen molar-refractivity contribution in [3.63, 3.8) is 0 Å². The lowest BCUT2D eigenvalue weighted by molar-refractivity contribution is -0.116. The fourth-order valence-electron chi connectivity index (χ4n) is 2.60. The molecule has 3 aromatic rings. The van der Waals surface area contributed by atoms with Crippen LogP contribution in [0.25, 0.3) is 21.9 Å². The highest BCUT2D eigenvalue weighted by molar-refractivity contribution is 6.06. The van der Waals surface area contributed by atoms with Crippen molar-refractivity contribution in [1.82, 2.24) is 5.32 Å². The highest BCUT2D eigenvalue weighted by Crippen LogP contribution is 2.30. The van der Waals surface area contributed by atoms with Gasteiger partial charge in [-0.1, -0.05) is 32.0 Å². The monoisotopic (exact) mass is 354 g/mol. The zero-order chi connectivity index (χ0) is 18.5. The molecule has 0 aliphatic heterocycles. The van der Waals surface area contributed by atoms with Gasteiger partial charge in [0, 0.05) is 35.5 Å². The number of para-hydroxylation sites is 1. The number of anilines is 1. The average molecular weight is 354 g/mol. The quantitative estimate of drug-likeness (QED) is 0.692. The summed E-state index contributed by atoms with van der Waals surface area (Å²) in [5.74, 6) is 0.0850. The molecule has 2 amide bonds. The van der Waals surface area contributed by atoms with E-state index in [1.165, 1.54) is 0 Å². The van der Waals surface area contributed by atoms with Crippen molar-refractivity contribution in [3.05, 3.63) is 42.5 Å². The molecule has 0 aliphatic carbocycles. The SMILES string of the molecule is CC(C)COC(=O)NCCC(=O)Nc1ccc2c(c1)oc1ccccc12. The summed E-state index contributed by atoms with van der Waals surface area (Å²) < 4.78 is 10.8. The van der Waals surface area contributed by atoms with Gasteiger partial charge in [0.1, 0.15) is 11.2 Å². The second-order valence-electron chi connectivity index (χ2n) is 6.53. The minimum Gasteiger partial charge on any atom is -0.456 e. The van der Waals surface area contributed by atoms with Crippen LogP contribution in [0.2, 0.25) is 0 Å². The first-order chi connectivity index (χ1) is 12.5. The Balaban J connectivity index is 1.54. The van der Waals surface area contributed by atoms with Gasteiger partial charge in [-0.25, -0.2) is 4.79 Å². The Morgan fingerprint density at radius 3 is 2.65 bits per heavy atom. The van der Waals surface area contributed by atoms with Crippen molar-refractivity contribution in [3.8, 4) is 0 Å². The van der Waals surface area contributed by atoms with Gasteiger partial charge in [-0.2, -0.15) is 0 Å². The minimum absolute atomic E-state index is 0.162. The predicted octanol–water partition coefficient (Wildman–Crippen LogP) is 4.30. The number of fused-ring (bicyclic) bond motifs is 3. The second-order valence-corrected chi connectivity index (χ2v) is 6.53. The smallest absolute Gasteiger partial charge is 0.407 e. The number of nitrogens with one attached hydrogen (secondary N) is 2. The summed E-state index contributed by atoms with van der Waals surface area (Å²) in [6, 6.07) is 13.4. The molecule has 0 atom stereocenters. The molecule has 0 saturated heterocycles. The van der Waals surface area contributed by atoms with Crippen LogP contribution in [0.1, 0.15) is 20.3 Å². The fraction of sp³-hybridized carbons (Fsp3) is 0.300. The highest BCUT2D eigenvalue weighted by Gasteiger charge is 2.09. The molecule has 136 valence electrons. The van der Waals surface area contributed by atoms with E-state index in [4.69, 9.17) is 9.15 Å². The number of furan rings is 1. The van der Waals surface area contributed by atoms with Crippen molar-refractivity contribution in [2.45, 2.75) is 20.3 Å². The maximum Gasteiger partial charge on any atom is 0.407 e. The predicted molar refractivity (Wildman–Crippen MR) is 101 cm³/mol. The van der Waals surface area contributed by atoms with E-state index in [2.05, 4.69) is 10.6 Å². The number of rotatable bonds is 6. The van der Waals surface area contributed by atoms with Crippen LogP contribution in [-0.2, 0) is 9.53 Å². The lowest BCUT2D eigenvalue weighted by Crippen LogP contribution is -2.29. The van der Waals surface area contributed by atoms with Crippen LogP contribution in [0.4, 0.5) is 10.5 Å². The lowest BCUT2D eigenvalue weighted by atomic mass is 10.1. The Bertz CT molecular complexity index is 930. The molecule has 0 saturated carbocycles. The first-order valence-electron chi connectivity index (χ1n) is 8.64. The van der Waals surface area contributed by atoms with Crippen LogP contribution >= 0.6 is 0 Å². The maximum absolute atomic E-state index is 12.0. The summed E-state index contributed by atoms with van der Waals surface area (Å²) in [7, 11) is 0. The van der Waals surface area contributed by atoms with Crippen LogP contribution in [-0.4, -0.2) is 25.2 Å². The van der Waals surface area contributed by atoms with Crippen LogP contribution < -0.4 is 10.6 Å². The van der Waals surface area contributed by atoms with Gasteiger partial charge in [-0.15, -0.1) is 0 Å². The summed E-state index contributed by atoms with van der Waals surface area (Å²) in [6.45, 7) is 4.49. The third-order valence-electron chi connectivity index (χ3n) is 3.83. The Labute approximate surface area is 151 Å². The Morgan fingerprint density at radius 2 is 1.85 bits per heavy atom. The topological polar surface area (TPSA) is 80.6 Å². The molecule has 2 aromatic carbocycles. The molecule has 0 aliphatic rings. The van der Waals surface area contributed by atoms with Crippen molar-refractivity contribution >= 4 is 39.6 Å². The lowest BCUT2D eigenvalue weighted by Gasteiger charge is -2.09. The molecule has 0 unspecified atom stereocenters. The van der Waals surface area contributed by atoms with Crippen LogP contribution in [0.15, 0.2) is 46.9 Å². The molecule has 1 heterocycles. The zero-order valence-corrected chi connectivity index (χ0v) is 14.9. The summed E-state index contributed by atoms with van der Waals surface area (Å²) in [5.41, 5.74) is 2.19. The summed E-state index contributed by atoms with van der Waals surface area (Å²) >= 11 is 0. The molecular formula is C20H22N2O4. The third-order valence-corrected chi connectivity index (χ3v) is 3.83. The number of amides is 2. The van der Waals surface area contributed by atoms with E-state index in [1.807, 2.05) is 50.2 Å². The van der Waals surface area contributed by atoms with Crippen molar-refractivity contribution in [2.75, 3.05) is 18.5 Å². The van der Waals surface area contributed by atoms with E-state index in [0.29, 0.717) is 12.3 Å². The molecule has 0 radical (unpaired) electrons. The van der Waals surface area contributed by atoms with Gasteiger partial charge in [-0.3, -0.25) is 4.79 Å². The van der Waals surface area contributed by atoms with Gasteiger partial charge < -0.3 is 19.8 Å². The van der Waals surface area contributed by atoms with E-state index < -0.39 is 6.09 Å². The van der Waals surface area contributed by atoms with E-state index in [9.17, 15) is 9.59 Å². The average Bonchev–Trinajstić information content (AvgIpc) is 2.97. The minimum atomic E-state index is -0.504. The Kier molecular flexibility index (Phi) is 5.41. The Hall–Kier alpha value is -3.02. The van der Waals surface area contributed by atoms with E-state index in [-0.39, 0.29) is 24.8 Å². The van der Waals surface area contributed by atoms with Gasteiger partial charge >= 0.3 is 6.09 Å². The Morgan fingerprint density at radius 1 is 1.08 bits per heavy atom. The maximum atomic E-state index is 12.0. The van der Waals surface area contributed by atoms with E-state index >= 15 is 0 Å². The molecule has 0 fully saturated rings.